The average Bonchev–Trinajstić information content (AvgIpc) is 2.69. The van der Waals surface area contributed by atoms with E-state index >= 15 is 0 Å². The molecule has 1 aromatic carbocycles. The van der Waals surface area contributed by atoms with Crippen molar-refractivity contribution in [2.75, 3.05) is 19.6 Å². The van der Waals surface area contributed by atoms with Gasteiger partial charge in [-0.15, -0.1) is 11.6 Å². The Morgan fingerprint density at radius 1 is 1.50 bits per heavy atom. The summed E-state index contributed by atoms with van der Waals surface area (Å²) in [6.45, 7) is 3.51. The van der Waals surface area contributed by atoms with Crippen LogP contribution in [0.4, 0.5) is 4.39 Å². The third kappa shape index (κ3) is 3.43. The van der Waals surface area contributed by atoms with Crippen LogP contribution in [-0.2, 0) is 17.7 Å². The average molecular weight is 411 g/mol. The molecule has 0 aliphatic heterocycles. The number of ether oxygens (including phenoxy) is 1. The number of benzene rings is 1. The summed E-state index contributed by atoms with van der Waals surface area (Å²) in [5.74, 6) is 1.52. The summed E-state index contributed by atoms with van der Waals surface area (Å²) in [6.07, 6.45) is 0.675. The number of fused-ring (bicyclic) bond motifs is 1. The molecule has 0 aliphatic carbocycles. The number of methoxy groups -OCH3 is 1. The van der Waals surface area contributed by atoms with Crippen molar-refractivity contribution in [1.29, 1.82) is 0 Å². The molecule has 2 rings (SSSR count). The fraction of sp³-hybridized carbons (Fsp3) is 0.500. The molecular weight excluding hydrogens is 394 g/mol. The lowest BCUT2D eigenvalue weighted by Gasteiger charge is -2.14. The quantitative estimate of drug-likeness (QED) is 0.534. The van der Waals surface area contributed by atoms with Gasteiger partial charge in [-0.05, 0) is 34.6 Å². The minimum atomic E-state index is -0.212. The van der Waals surface area contributed by atoms with Gasteiger partial charge in [0.15, 0.2) is 0 Å². The lowest BCUT2D eigenvalue weighted by Crippen LogP contribution is -2.15. The van der Waals surface area contributed by atoms with Crippen LogP contribution >= 0.6 is 34.2 Å². The van der Waals surface area contributed by atoms with Crippen LogP contribution in [0.3, 0.4) is 0 Å². The van der Waals surface area contributed by atoms with Gasteiger partial charge in [-0.2, -0.15) is 0 Å². The van der Waals surface area contributed by atoms with Crippen molar-refractivity contribution >= 4 is 45.2 Å². The van der Waals surface area contributed by atoms with Gasteiger partial charge >= 0.3 is 0 Å². The van der Waals surface area contributed by atoms with E-state index in [4.69, 9.17) is 16.3 Å². The van der Waals surface area contributed by atoms with Crippen LogP contribution in [0, 0.1) is 15.3 Å². The third-order valence-corrected chi connectivity index (χ3v) is 4.15. The standard InChI is InChI=1S/C14H17ClFIN2O/c1-9(8-20-2)7-19-13-5-10(16)11(17)6-12(13)18-14(19)3-4-15/h5-6,9H,3-4,7-8H2,1-2H3. The number of halogens is 3. The number of aryl methyl sites for hydroxylation is 1. The Kier molecular flexibility index (Phi) is 5.63. The van der Waals surface area contributed by atoms with Gasteiger partial charge in [-0.25, -0.2) is 9.37 Å². The number of hydrogen-bond donors (Lipinski definition) is 0. The maximum atomic E-state index is 13.8. The van der Waals surface area contributed by atoms with Crippen LogP contribution < -0.4 is 0 Å². The van der Waals surface area contributed by atoms with Crippen molar-refractivity contribution in [3.63, 3.8) is 0 Å². The molecule has 2 aromatic rings. The molecule has 0 bridgehead atoms. The van der Waals surface area contributed by atoms with Crippen LogP contribution in [0.25, 0.3) is 11.0 Å². The van der Waals surface area contributed by atoms with Crippen molar-refractivity contribution in [3.05, 3.63) is 27.3 Å². The molecule has 0 saturated carbocycles. The minimum absolute atomic E-state index is 0.212. The van der Waals surface area contributed by atoms with Gasteiger partial charge in [0, 0.05) is 32.0 Å². The zero-order valence-corrected chi connectivity index (χ0v) is 14.4. The molecule has 6 heteroatoms. The summed E-state index contributed by atoms with van der Waals surface area (Å²) in [7, 11) is 1.68. The monoisotopic (exact) mass is 410 g/mol. The van der Waals surface area contributed by atoms with Gasteiger partial charge in [0.1, 0.15) is 11.6 Å². The van der Waals surface area contributed by atoms with E-state index in [1.807, 2.05) is 22.6 Å². The van der Waals surface area contributed by atoms with E-state index in [9.17, 15) is 4.39 Å². The molecular formula is C14H17ClFIN2O. The Hall–Kier alpha value is -0.400. The molecule has 0 saturated heterocycles. The van der Waals surface area contributed by atoms with Gasteiger partial charge in [0.2, 0.25) is 0 Å². The highest BCUT2D eigenvalue weighted by molar-refractivity contribution is 14.1. The van der Waals surface area contributed by atoms with Gasteiger partial charge < -0.3 is 9.30 Å². The first-order valence-electron chi connectivity index (χ1n) is 6.45. The maximum Gasteiger partial charge on any atom is 0.138 e. The summed E-state index contributed by atoms with van der Waals surface area (Å²) in [5, 5.41) is 0. The van der Waals surface area contributed by atoms with E-state index in [-0.39, 0.29) is 5.82 Å². The SMILES string of the molecule is COCC(C)Cn1c(CCCl)nc2cc(I)c(F)cc21. The molecule has 3 nitrogen and oxygen atoms in total. The Bertz CT molecular complexity index is 602. The van der Waals surface area contributed by atoms with Crippen molar-refractivity contribution < 1.29 is 9.13 Å². The fourth-order valence-electron chi connectivity index (χ4n) is 2.30. The van der Waals surface area contributed by atoms with Crippen molar-refractivity contribution in [2.45, 2.75) is 19.9 Å². The molecule has 0 spiro atoms. The fourth-order valence-corrected chi connectivity index (χ4v) is 2.92. The topological polar surface area (TPSA) is 27.1 Å². The van der Waals surface area contributed by atoms with Crippen LogP contribution in [0.2, 0.25) is 0 Å². The minimum Gasteiger partial charge on any atom is -0.384 e. The highest BCUT2D eigenvalue weighted by Crippen LogP contribution is 2.23. The van der Waals surface area contributed by atoms with Crippen molar-refractivity contribution in [3.8, 4) is 0 Å². The Labute approximate surface area is 136 Å². The second-order valence-corrected chi connectivity index (χ2v) is 6.43. The molecule has 20 heavy (non-hydrogen) atoms. The summed E-state index contributed by atoms with van der Waals surface area (Å²) < 4.78 is 21.6. The molecule has 1 aromatic heterocycles. The lowest BCUT2D eigenvalue weighted by molar-refractivity contribution is 0.151. The number of nitrogens with zero attached hydrogens (tertiary/aromatic N) is 2. The maximum absolute atomic E-state index is 13.8. The van der Waals surface area contributed by atoms with Crippen LogP contribution in [0.15, 0.2) is 12.1 Å². The summed E-state index contributed by atoms with van der Waals surface area (Å²) >= 11 is 7.83. The molecule has 0 aliphatic rings. The van der Waals surface area contributed by atoms with Crippen LogP contribution in [0.1, 0.15) is 12.7 Å². The Morgan fingerprint density at radius 2 is 2.25 bits per heavy atom. The van der Waals surface area contributed by atoms with Crippen molar-refractivity contribution in [1.82, 2.24) is 9.55 Å². The summed E-state index contributed by atoms with van der Waals surface area (Å²) in [5.41, 5.74) is 1.64. The zero-order chi connectivity index (χ0) is 14.7. The molecule has 1 atom stereocenters. The Balaban J connectivity index is 2.47. The molecule has 0 radical (unpaired) electrons. The lowest BCUT2D eigenvalue weighted by atomic mass is 10.2. The number of aromatic nitrogens is 2. The highest BCUT2D eigenvalue weighted by Gasteiger charge is 2.15. The second-order valence-electron chi connectivity index (χ2n) is 4.89. The second kappa shape index (κ2) is 7.04. The number of imidazole rings is 1. The van der Waals surface area contributed by atoms with E-state index in [2.05, 4.69) is 16.5 Å². The number of rotatable bonds is 6. The van der Waals surface area contributed by atoms with Gasteiger partial charge in [-0.3, -0.25) is 0 Å². The predicted molar refractivity (Wildman–Crippen MR) is 87.9 cm³/mol. The van der Waals surface area contributed by atoms with E-state index in [0.29, 0.717) is 28.4 Å². The van der Waals surface area contributed by atoms with E-state index < -0.39 is 0 Å². The first-order valence-corrected chi connectivity index (χ1v) is 8.07. The van der Waals surface area contributed by atoms with E-state index in [0.717, 1.165) is 23.4 Å². The van der Waals surface area contributed by atoms with Gasteiger partial charge in [0.05, 0.1) is 21.2 Å². The smallest absolute Gasteiger partial charge is 0.138 e. The third-order valence-electron chi connectivity index (χ3n) is 3.13. The summed E-state index contributed by atoms with van der Waals surface area (Å²) in [6, 6.07) is 3.34. The zero-order valence-electron chi connectivity index (χ0n) is 11.5. The number of alkyl halides is 1. The number of hydrogen-bond acceptors (Lipinski definition) is 2. The van der Waals surface area contributed by atoms with Gasteiger partial charge in [0.25, 0.3) is 0 Å². The van der Waals surface area contributed by atoms with E-state index in [1.165, 1.54) is 0 Å². The first-order chi connectivity index (χ1) is 9.56. The largest absolute Gasteiger partial charge is 0.384 e. The molecule has 0 amide bonds. The predicted octanol–water partition coefficient (Wildman–Crippen LogP) is 3.84. The molecule has 1 unspecified atom stereocenters. The molecule has 110 valence electrons. The van der Waals surface area contributed by atoms with Crippen LogP contribution in [0.5, 0.6) is 0 Å². The molecule has 0 N–H and O–H groups in total. The van der Waals surface area contributed by atoms with Crippen molar-refractivity contribution in [2.24, 2.45) is 5.92 Å². The van der Waals surface area contributed by atoms with Gasteiger partial charge in [-0.1, -0.05) is 6.92 Å². The molecule has 1 heterocycles. The first kappa shape index (κ1) is 16.0. The van der Waals surface area contributed by atoms with E-state index in [1.54, 1.807) is 19.2 Å². The normalized spacial score (nSPS) is 13.1. The molecule has 0 fully saturated rings. The summed E-state index contributed by atoms with van der Waals surface area (Å²) in [4.78, 5) is 4.58. The Morgan fingerprint density at radius 3 is 2.90 bits per heavy atom. The van der Waals surface area contributed by atoms with Crippen LogP contribution in [-0.4, -0.2) is 29.1 Å². The highest BCUT2D eigenvalue weighted by atomic mass is 127.